The lowest BCUT2D eigenvalue weighted by Crippen LogP contribution is -2.47. The summed E-state index contributed by atoms with van der Waals surface area (Å²) in [7, 11) is 0. The molecule has 1 aromatic carbocycles. The number of carbonyl (C=O) groups excluding carboxylic acids is 1. The van der Waals surface area contributed by atoms with Crippen LogP contribution in [0.2, 0.25) is 0 Å². The first-order valence-electron chi connectivity index (χ1n) is 7.67. The number of carboxylic acids is 1. The third-order valence-corrected chi connectivity index (χ3v) is 5.10. The van der Waals surface area contributed by atoms with Crippen LogP contribution in [0.3, 0.4) is 0 Å². The predicted molar refractivity (Wildman–Crippen MR) is 89.0 cm³/mol. The van der Waals surface area contributed by atoms with Gasteiger partial charge in [-0.15, -0.1) is 0 Å². The monoisotopic (exact) mass is 321 g/mol. The zero-order chi connectivity index (χ0) is 16.3. The maximum absolute atomic E-state index is 12.5. The Bertz CT molecular complexity index is 532. The largest absolute Gasteiger partial charge is 0.480 e. The quantitative estimate of drug-likeness (QED) is 0.819. The summed E-state index contributed by atoms with van der Waals surface area (Å²) in [5.74, 6) is -1.05. The van der Waals surface area contributed by atoms with Crippen molar-refractivity contribution in [1.29, 1.82) is 0 Å². The number of aliphatic carboxylic acids is 1. The molecule has 1 aliphatic rings. The second-order valence-corrected chi connectivity index (χ2v) is 6.80. The summed E-state index contributed by atoms with van der Waals surface area (Å²) in [6.45, 7) is 4.34. The van der Waals surface area contributed by atoms with E-state index < -0.39 is 17.3 Å². The molecule has 0 radical (unpaired) electrons. The van der Waals surface area contributed by atoms with Gasteiger partial charge >= 0.3 is 5.97 Å². The average molecular weight is 321 g/mol. The molecule has 1 unspecified atom stereocenters. The van der Waals surface area contributed by atoms with Gasteiger partial charge in [-0.25, -0.2) is 4.79 Å². The van der Waals surface area contributed by atoms with Crippen molar-refractivity contribution >= 4 is 24.5 Å². The number of carbonyl (C=O) groups is 2. The van der Waals surface area contributed by atoms with Crippen LogP contribution in [0.5, 0.6) is 0 Å². The molecule has 2 rings (SSSR count). The smallest absolute Gasteiger partial charge is 0.326 e. The Morgan fingerprint density at radius 2 is 1.95 bits per heavy atom. The van der Waals surface area contributed by atoms with Crippen LogP contribution in [0.15, 0.2) is 30.3 Å². The fraction of sp³-hybridized carbons (Fsp3) is 0.529. The lowest BCUT2D eigenvalue weighted by molar-refractivity contribution is -0.149. The molecule has 1 aliphatic heterocycles. The molecule has 1 saturated heterocycles. The van der Waals surface area contributed by atoms with Crippen molar-refractivity contribution in [3.8, 4) is 0 Å². The fourth-order valence-electron chi connectivity index (χ4n) is 3.02. The van der Waals surface area contributed by atoms with E-state index in [2.05, 4.69) is 12.6 Å². The van der Waals surface area contributed by atoms with Crippen LogP contribution in [0.4, 0.5) is 0 Å². The Morgan fingerprint density at radius 3 is 2.50 bits per heavy atom. The lowest BCUT2D eigenvalue weighted by atomic mass is 9.92. The van der Waals surface area contributed by atoms with Gasteiger partial charge in [0.1, 0.15) is 6.04 Å². The van der Waals surface area contributed by atoms with Gasteiger partial charge in [0.2, 0.25) is 5.91 Å². The number of hydrogen-bond acceptors (Lipinski definition) is 3. The summed E-state index contributed by atoms with van der Waals surface area (Å²) in [6.07, 6.45) is 1.40. The highest BCUT2D eigenvalue weighted by atomic mass is 32.1. The van der Waals surface area contributed by atoms with Crippen molar-refractivity contribution in [2.24, 2.45) is 11.8 Å². The molecular formula is C17H23NO3S. The third-order valence-electron chi connectivity index (χ3n) is 4.28. The maximum Gasteiger partial charge on any atom is 0.326 e. The summed E-state index contributed by atoms with van der Waals surface area (Å²) < 4.78 is 0. The van der Waals surface area contributed by atoms with Crippen LogP contribution in [-0.2, 0) is 16.0 Å². The van der Waals surface area contributed by atoms with E-state index in [4.69, 9.17) is 0 Å². The third kappa shape index (κ3) is 3.64. The number of likely N-dealkylation sites (tertiary alicyclic amines) is 1. The van der Waals surface area contributed by atoms with E-state index in [0.717, 1.165) is 12.0 Å². The minimum atomic E-state index is -0.920. The first-order valence-corrected chi connectivity index (χ1v) is 8.18. The summed E-state index contributed by atoms with van der Waals surface area (Å²) >= 11 is 4.35. The minimum absolute atomic E-state index is 0.0449. The van der Waals surface area contributed by atoms with Crippen LogP contribution in [0, 0.1) is 11.8 Å². The van der Waals surface area contributed by atoms with Crippen molar-refractivity contribution < 1.29 is 14.7 Å². The van der Waals surface area contributed by atoms with Crippen molar-refractivity contribution in [1.82, 2.24) is 4.90 Å². The van der Waals surface area contributed by atoms with Gasteiger partial charge in [-0.1, -0.05) is 44.2 Å². The summed E-state index contributed by atoms with van der Waals surface area (Å²) in [4.78, 5) is 25.7. The van der Waals surface area contributed by atoms with E-state index in [1.54, 1.807) is 0 Å². The van der Waals surface area contributed by atoms with Gasteiger partial charge in [0, 0.05) is 6.54 Å². The van der Waals surface area contributed by atoms with Crippen LogP contribution in [0.1, 0.15) is 25.8 Å². The second-order valence-electron chi connectivity index (χ2n) is 6.24. The Labute approximate surface area is 136 Å². The van der Waals surface area contributed by atoms with Crippen LogP contribution in [0.25, 0.3) is 0 Å². The van der Waals surface area contributed by atoms with Crippen LogP contribution < -0.4 is 0 Å². The molecule has 0 saturated carbocycles. The van der Waals surface area contributed by atoms with Gasteiger partial charge in [0.15, 0.2) is 0 Å². The molecule has 1 fully saturated rings. The van der Waals surface area contributed by atoms with Crippen molar-refractivity contribution in [2.45, 2.75) is 38.0 Å². The van der Waals surface area contributed by atoms with Crippen molar-refractivity contribution in [2.75, 3.05) is 6.54 Å². The van der Waals surface area contributed by atoms with Crippen molar-refractivity contribution in [3.63, 3.8) is 0 Å². The normalized spacial score (nSPS) is 22.8. The standard InChI is InChI=1S/C17H23NO3S/c1-11(2)15(22)16(19)18-9-8-13(14(18)17(20)21)10-12-6-4-3-5-7-12/h3-7,11,13-15,22H,8-10H2,1-2H3,(H,20,21)/t13-,14-,15?/m0/s1. The van der Waals surface area contributed by atoms with E-state index in [-0.39, 0.29) is 17.7 Å². The highest BCUT2D eigenvalue weighted by Gasteiger charge is 2.43. The topological polar surface area (TPSA) is 57.6 Å². The number of amides is 1. The molecule has 0 aliphatic carbocycles. The Kier molecular flexibility index (Phi) is 5.51. The Hall–Kier alpha value is -1.49. The zero-order valence-electron chi connectivity index (χ0n) is 13.0. The lowest BCUT2D eigenvalue weighted by Gasteiger charge is -2.28. The Balaban J connectivity index is 2.14. The molecule has 1 aromatic rings. The van der Waals surface area contributed by atoms with Crippen LogP contribution >= 0.6 is 12.6 Å². The molecule has 120 valence electrons. The summed E-state index contributed by atoms with van der Waals surface area (Å²) in [5, 5.41) is 9.14. The molecule has 3 atom stereocenters. The number of thiol groups is 1. The number of benzene rings is 1. The van der Waals surface area contributed by atoms with E-state index in [1.807, 2.05) is 44.2 Å². The molecular weight excluding hydrogens is 298 g/mol. The van der Waals surface area contributed by atoms with Gasteiger partial charge in [-0.05, 0) is 30.2 Å². The van der Waals surface area contributed by atoms with E-state index in [0.29, 0.717) is 13.0 Å². The fourth-order valence-corrected chi connectivity index (χ4v) is 3.17. The van der Waals surface area contributed by atoms with E-state index in [9.17, 15) is 14.7 Å². The minimum Gasteiger partial charge on any atom is -0.480 e. The van der Waals surface area contributed by atoms with E-state index in [1.165, 1.54) is 4.90 Å². The molecule has 5 heteroatoms. The number of rotatable bonds is 5. The first-order chi connectivity index (χ1) is 10.4. The van der Waals surface area contributed by atoms with Gasteiger partial charge in [0.05, 0.1) is 5.25 Å². The highest BCUT2D eigenvalue weighted by molar-refractivity contribution is 7.81. The van der Waals surface area contributed by atoms with E-state index >= 15 is 0 Å². The maximum atomic E-state index is 12.5. The molecule has 1 heterocycles. The first kappa shape index (κ1) is 16.9. The molecule has 4 nitrogen and oxygen atoms in total. The van der Waals surface area contributed by atoms with Gasteiger partial charge < -0.3 is 10.0 Å². The van der Waals surface area contributed by atoms with Crippen LogP contribution in [-0.4, -0.2) is 39.7 Å². The second kappa shape index (κ2) is 7.18. The highest BCUT2D eigenvalue weighted by Crippen LogP contribution is 2.30. The molecule has 0 bridgehead atoms. The molecule has 1 N–H and O–H groups in total. The molecule has 1 amide bonds. The van der Waals surface area contributed by atoms with Gasteiger partial charge in [0.25, 0.3) is 0 Å². The number of carboxylic acid groups (broad SMARTS) is 1. The van der Waals surface area contributed by atoms with Gasteiger partial charge in [-0.2, -0.15) is 12.6 Å². The SMILES string of the molecule is CC(C)C(S)C(=O)N1CC[C@@H](Cc2ccccc2)[C@H]1C(=O)O. The van der Waals surface area contributed by atoms with Crippen molar-refractivity contribution in [3.05, 3.63) is 35.9 Å². The average Bonchev–Trinajstić information content (AvgIpc) is 2.90. The number of hydrogen-bond donors (Lipinski definition) is 2. The number of nitrogens with zero attached hydrogens (tertiary/aromatic N) is 1. The molecule has 0 aromatic heterocycles. The Morgan fingerprint density at radius 1 is 1.32 bits per heavy atom. The zero-order valence-corrected chi connectivity index (χ0v) is 13.9. The molecule has 0 spiro atoms. The summed E-state index contributed by atoms with van der Waals surface area (Å²) in [6, 6.07) is 9.09. The summed E-state index contributed by atoms with van der Waals surface area (Å²) in [5.41, 5.74) is 1.11. The predicted octanol–water partition coefficient (Wildman–Crippen LogP) is 2.49. The van der Waals surface area contributed by atoms with Gasteiger partial charge in [-0.3, -0.25) is 4.79 Å². The molecule has 22 heavy (non-hydrogen) atoms.